The van der Waals surface area contributed by atoms with Crippen LogP contribution in [0.25, 0.3) is 0 Å². The molecule has 2 fully saturated rings. The van der Waals surface area contributed by atoms with Crippen molar-refractivity contribution in [2.75, 3.05) is 0 Å². The Labute approximate surface area is 138 Å². The van der Waals surface area contributed by atoms with E-state index in [2.05, 4.69) is 4.98 Å². The van der Waals surface area contributed by atoms with Gasteiger partial charge < -0.3 is 14.3 Å². The van der Waals surface area contributed by atoms with Crippen LogP contribution in [0.1, 0.15) is 54.4 Å². The van der Waals surface area contributed by atoms with Crippen molar-refractivity contribution in [3.05, 3.63) is 30.0 Å². The molecular weight excluding hydrogens is 322 g/mol. The van der Waals surface area contributed by atoms with Crippen molar-refractivity contribution in [2.24, 2.45) is 5.92 Å². The highest BCUT2D eigenvalue weighted by molar-refractivity contribution is 6.67. The number of carboxylic acids is 1. The predicted molar refractivity (Wildman–Crippen MR) is 81.4 cm³/mol. The Balaban J connectivity index is 1.67. The van der Waals surface area contributed by atoms with Crippen molar-refractivity contribution in [2.45, 2.75) is 50.2 Å². The largest absolute Gasteiger partial charge is 0.481 e. The van der Waals surface area contributed by atoms with Crippen LogP contribution in [0, 0.1) is 5.92 Å². The van der Waals surface area contributed by atoms with Crippen LogP contribution in [0.15, 0.2) is 22.8 Å². The Kier molecular flexibility index (Phi) is 4.82. The zero-order chi connectivity index (χ0) is 16.4. The molecule has 2 bridgehead atoms. The van der Waals surface area contributed by atoms with Gasteiger partial charge in [-0.2, -0.15) is 0 Å². The highest BCUT2D eigenvalue weighted by atomic mass is 35.5. The summed E-state index contributed by atoms with van der Waals surface area (Å²) in [7, 11) is 0. The lowest BCUT2D eigenvalue weighted by molar-refractivity contribution is -0.136. The van der Waals surface area contributed by atoms with Gasteiger partial charge in [0.15, 0.2) is 5.69 Å². The van der Waals surface area contributed by atoms with E-state index >= 15 is 0 Å². The minimum Gasteiger partial charge on any atom is -0.481 e. The van der Waals surface area contributed by atoms with Crippen LogP contribution in [-0.4, -0.2) is 33.5 Å². The lowest BCUT2D eigenvalue weighted by Gasteiger charge is -2.24. The van der Waals surface area contributed by atoms with E-state index in [0.29, 0.717) is 12.3 Å². The van der Waals surface area contributed by atoms with Gasteiger partial charge in [0.1, 0.15) is 6.26 Å². The average molecular weight is 340 g/mol. The van der Waals surface area contributed by atoms with E-state index in [1.807, 2.05) is 12.2 Å². The Morgan fingerprint density at radius 1 is 1.35 bits per heavy atom. The molecule has 0 aromatic carbocycles. The molecular formula is C16H18ClNO5. The highest BCUT2D eigenvalue weighted by Gasteiger charge is 2.51. The fourth-order valence-electron chi connectivity index (χ4n) is 3.52. The molecule has 124 valence electrons. The molecule has 0 saturated carbocycles. The van der Waals surface area contributed by atoms with Crippen molar-refractivity contribution in [1.82, 2.24) is 4.98 Å². The van der Waals surface area contributed by atoms with Gasteiger partial charge in [-0.3, -0.25) is 9.59 Å². The third-order valence-electron chi connectivity index (χ3n) is 4.53. The first kappa shape index (κ1) is 16.2. The third-order valence-corrected chi connectivity index (χ3v) is 4.73. The molecule has 1 N–H and O–H groups in total. The molecule has 0 spiro atoms. The van der Waals surface area contributed by atoms with Crippen LogP contribution in [0.4, 0.5) is 0 Å². The molecule has 0 radical (unpaired) electrons. The number of halogens is 1. The first-order chi connectivity index (χ1) is 11.1. The van der Waals surface area contributed by atoms with E-state index < -0.39 is 11.2 Å². The quantitative estimate of drug-likeness (QED) is 0.606. The predicted octanol–water partition coefficient (Wildman–Crippen LogP) is 3.13. The second-order valence-corrected chi connectivity index (χ2v) is 6.31. The van der Waals surface area contributed by atoms with Crippen LogP contribution in [0.3, 0.4) is 0 Å². The van der Waals surface area contributed by atoms with Gasteiger partial charge in [0, 0.05) is 12.3 Å². The molecule has 0 aliphatic carbocycles. The van der Waals surface area contributed by atoms with Crippen molar-refractivity contribution in [3.8, 4) is 0 Å². The number of nitrogens with zero attached hydrogens (tertiary/aromatic N) is 1. The normalized spacial score (nSPS) is 29.4. The van der Waals surface area contributed by atoms with E-state index in [1.54, 1.807) is 0 Å². The zero-order valence-corrected chi connectivity index (χ0v) is 13.2. The van der Waals surface area contributed by atoms with E-state index in [1.165, 1.54) is 6.26 Å². The number of rotatable bonds is 7. The Bertz CT molecular complexity index is 626. The Hall–Kier alpha value is -1.66. The van der Waals surface area contributed by atoms with Crippen LogP contribution >= 0.6 is 11.6 Å². The number of hydrogen-bond acceptors (Lipinski definition) is 5. The summed E-state index contributed by atoms with van der Waals surface area (Å²) in [5, 5.41) is 8.00. The number of carbonyl (C=O) groups excluding carboxylic acids is 1. The van der Waals surface area contributed by atoms with Gasteiger partial charge in [0.25, 0.3) is 5.24 Å². The number of oxazole rings is 1. The zero-order valence-electron chi connectivity index (χ0n) is 12.5. The molecule has 23 heavy (non-hydrogen) atoms. The van der Waals surface area contributed by atoms with Crippen molar-refractivity contribution in [1.29, 1.82) is 0 Å². The molecule has 2 aliphatic rings. The van der Waals surface area contributed by atoms with E-state index in [4.69, 9.17) is 25.9 Å². The van der Waals surface area contributed by atoms with Crippen LogP contribution < -0.4 is 0 Å². The molecule has 2 aliphatic heterocycles. The molecule has 1 aromatic heterocycles. The summed E-state index contributed by atoms with van der Waals surface area (Å²) in [5.74, 6) is -0.0478. The SMILES string of the molecule is O=C(O)CCC=CC[C@@H]1[C@H](c2nc(C(=O)Cl)co2)[C@H]2CC[C@@H]1O2. The number of carbonyl (C=O) groups is 2. The first-order valence-electron chi connectivity index (χ1n) is 7.73. The maximum atomic E-state index is 11.2. The summed E-state index contributed by atoms with van der Waals surface area (Å²) in [5.41, 5.74) is 0.125. The molecule has 7 heteroatoms. The van der Waals surface area contributed by atoms with Crippen molar-refractivity contribution < 1.29 is 23.8 Å². The number of aliphatic carboxylic acids is 1. The molecule has 2 saturated heterocycles. The number of aromatic nitrogens is 1. The average Bonchev–Trinajstić information content (AvgIpc) is 3.21. The van der Waals surface area contributed by atoms with E-state index in [9.17, 15) is 9.59 Å². The minimum atomic E-state index is -0.797. The summed E-state index contributed by atoms with van der Waals surface area (Å²) in [4.78, 5) is 25.9. The van der Waals surface area contributed by atoms with Crippen LogP contribution in [-0.2, 0) is 9.53 Å². The number of carboxylic acid groups (broad SMARTS) is 1. The second-order valence-electron chi connectivity index (χ2n) is 5.96. The number of allylic oxidation sites excluding steroid dienone is 2. The minimum absolute atomic E-state index is 0.0163. The van der Waals surface area contributed by atoms with E-state index in [-0.39, 0.29) is 36.2 Å². The van der Waals surface area contributed by atoms with Gasteiger partial charge in [-0.15, -0.1) is 0 Å². The lowest BCUT2D eigenvalue weighted by Crippen LogP contribution is -2.25. The van der Waals surface area contributed by atoms with Gasteiger partial charge in [-0.1, -0.05) is 12.2 Å². The monoisotopic (exact) mass is 339 g/mol. The van der Waals surface area contributed by atoms with Crippen LogP contribution in [0.5, 0.6) is 0 Å². The molecule has 0 amide bonds. The molecule has 0 unspecified atom stereocenters. The van der Waals surface area contributed by atoms with Crippen LogP contribution in [0.2, 0.25) is 0 Å². The summed E-state index contributed by atoms with van der Waals surface area (Å²) in [6.07, 6.45) is 8.80. The van der Waals surface area contributed by atoms with Gasteiger partial charge in [0.05, 0.1) is 18.1 Å². The van der Waals surface area contributed by atoms with Gasteiger partial charge in [-0.25, -0.2) is 4.98 Å². The fourth-order valence-corrected chi connectivity index (χ4v) is 3.61. The molecule has 4 atom stereocenters. The summed E-state index contributed by atoms with van der Waals surface area (Å²) < 4.78 is 11.4. The standard InChI is InChI=1S/C16H18ClNO5/c17-15(21)10-8-22-16(18-10)14-9(11-6-7-12(14)23-11)4-2-1-3-5-13(19)20/h1-2,8-9,11-12,14H,3-7H2,(H,19,20)/t9-,11-,12+,14-/m0/s1. The number of hydrogen-bond donors (Lipinski definition) is 1. The van der Waals surface area contributed by atoms with Crippen molar-refractivity contribution in [3.63, 3.8) is 0 Å². The smallest absolute Gasteiger partial charge is 0.303 e. The molecule has 1 aromatic rings. The third kappa shape index (κ3) is 3.48. The highest BCUT2D eigenvalue weighted by Crippen LogP contribution is 2.50. The number of fused-ring (bicyclic) bond motifs is 2. The Morgan fingerprint density at radius 3 is 2.83 bits per heavy atom. The lowest BCUT2D eigenvalue weighted by atomic mass is 9.77. The van der Waals surface area contributed by atoms with E-state index in [0.717, 1.165) is 19.3 Å². The number of ether oxygens (including phenoxy) is 1. The molecule has 3 rings (SSSR count). The summed E-state index contributed by atoms with van der Waals surface area (Å²) in [6.45, 7) is 0. The maximum absolute atomic E-state index is 11.2. The fraction of sp³-hybridized carbons (Fsp3) is 0.562. The second kappa shape index (κ2) is 6.84. The maximum Gasteiger partial charge on any atom is 0.303 e. The topological polar surface area (TPSA) is 89.6 Å². The molecule has 3 heterocycles. The van der Waals surface area contributed by atoms with Gasteiger partial charge in [0.2, 0.25) is 5.89 Å². The van der Waals surface area contributed by atoms with Crippen molar-refractivity contribution >= 4 is 22.8 Å². The molecule has 6 nitrogen and oxygen atoms in total. The van der Waals surface area contributed by atoms with Gasteiger partial charge >= 0.3 is 5.97 Å². The first-order valence-corrected chi connectivity index (χ1v) is 8.11. The van der Waals surface area contributed by atoms with Gasteiger partial charge in [-0.05, 0) is 37.3 Å². The summed E-state index contributed by atoms with van der Waals surface area (Å²) in [6, 6.07) is 0. The Morgan fingerprint density at radius 2 is 2.13 bits per heavy atom. The summed E-state index contributed by atoms with van der Waals surface area (Å²) >= 11 is 5.43.